The van der Waals surface area contributed by atoms with Gasteiger partial charge in [-0.1, -0.05) is 6.07 Å². The lowest BCUT2D eigenvalue weighted by Gasteiger charge is -2.06. The van der Waals surface area contributed by atoms with Crippen molar-refractivity contribution in [2.75, 3.05) is 6.61 Å². The molecule has 0 unspecified atom stereocenters. The maximum atomic E-state index is 8.74. The summed E-state index contributed by atoms with van der Waals surface area (Å²) in [5.74, 6) is 1.85. The number of rotatable bonds is 4. The van der Waals surface area contributed by atoms with E-state index in [1.54, 1.807) is 30.3 Å². The number of hydrogen-bond acceptors (Lipinski definition) is 4. The van der Waals surface area contributed by atoms with Crippen LogP contribution in [-0.4, -0.2) is 11.6 Å². The zero-order chi connectivity index (χ0) is 12.8. The lowest BCUT2D eigenvalue weighted by Crippen LogP contribution is -1.92. The molecule has 0 spiro atoms. The van der Waals surface area contributed by atoms with E-state index in [2.05, 4.69) is 4.98 Å². The van der Waals surface area contributed by atoms with E-state index >= 15 is 0 Å². The molecule has 0 atom stereocenters. The second kappa shape index (κ2) is 5.69. The topological polar surface area (TPSA) is 55.1 Å². The Labute approximate surface area is 105 Å². The normalized spacial score (nSPS) is 9.56. The summed E-state index contributed by atoms with van der Waals surface area (Å²) in [5.41, 5.74) is 0.332. The molecule has 1 aromatic heterocycles. The third-order valence-corrected chi connectivity index (χ3v) is 2.20. The van der Waals surface area contributed by atoms with Gasteiger partial charge in [0.25, 0.3) is 0 Å². The van der Waals surface area contributed by atoms with E-state index in [4.69, 9.17) is 14.7 Å². The Hall–Kier alpha value is -2.54. The highest BCUT2D eigenvalue weighted by molar-refractivity contribution is 5.34. The van der Waals surface area contributed by atoms with Crippen molar-refractivity contribution >= 4 is 0 Å². The lowest BCUT2D eigenvalue weighted by atomic mass is 10.3. The zero-order valence-corrected chi connectivity index (χ0v) is 9.96. The van der Waals surface area contributed by atoms with Crippen LogP contribution in [-0.2, 0) is 0 Å². The average Bonchev–Trinajstić information content (AvgIpc) is 2.42. The maximum absolute atomic E-state index is 8.74. The molecular weight excluding hydrogens is 228 g/mol. The van der Waals surface area contributed by atoms with Gasteiger partial charge in [-0.3, -0.25) is 0 Å². The highest BCUT2D eigenvalue weighted by atomic mass is 16.5. The second-order valence-corrected chi connectivity index (χ2v) is 3.48. The van der Waals surface area contributed by atoms with Crippen LogP contribution in [0.3, 0.4) is 0 Å². The molecule has 0 radical (unpaired) electrons. The molecule has 2 rings (SSSR count). The summed E-state index contributed by atoms with van der Waals surface area (Å²) in [6.45, 7) is 2.56. The van der Waals surface area contributed by atoms with E-state index in [1.165, 1.54) is 0 Å². The third-order valence-electron chi connectivity index (χ3n) is 2.20. The van der Waals surface area contributed by atoms with Crippen molar-refractivity contribution in [3.05, 3.63) is 48.2 Å². The summed E-state index contributed by atoms with van der Waals surface area (Å²) in [7, 11) is 0. The molecule has 0 N–H and O–H groups in total. The minimum Gasteiger partial charge on any atom is -0.494 e. The van der Waals surface area contributed by atoms with Crippen molar-refractivity contribution in [1.82, 2.24) is 4.98 Å². The fourth-order valence-corrected chi connectivity index (χ4v) is 1.43. The van der Waals surface area contributed by atoms with Gasteiger partial charge in [-0.2, -0.15) is 5.26 Å². The van der Waals surface area contributed by atoms with Gasteiger partial charge in [0.1, 0.15) is 23.3 Å². The average molecular weight is 240 g/mol. The SMILES string of the molecule is CCOc1ccc(Oc2cccc(C#N)n2)cc1. The summed E-state index contributed by atoms with van der Waals surface area (Å²) in [5, 5.41) is 8.74. The van der Waals surface area contributed by atoms with Crippen LogP contribution in [0.1, 0.15) is 12.6 Å². The first-order chi connectivity index (χ1) is 8.81. The van der Waals surface area contributed by atoms with Gasteiger partial charge in [-0.05, 0) is 37.3 Å². The lowest BCUT2D eigenvalue weighted by molar-refractivity contribution is 0.339. The highest BCUT2D eigenvalue weighted by Gasteiger charge is 2.00. The molecule has 1 heterocycles. The molecule has 0 saturated carbocycles. The Morgan fingerprint density at radius 1 is 1.11 bits per heavy atom. The largest absolute Gasteiger partial charge is 0.494 e. The quantitative estimate of drug-likeness (QED) is 0.823. The van der Waals surface area contributed by atoms with Crippen molar-refractivity contribution in [2.24, 2.45) is 0 Å². The Morgan fingerprint density at radius 2 is 1.83 bits per heavy atom. The van der Waals surface area contributed by atoms with Crippen LogP contribution >= 0.6 is 0 Å². The standard InChI is InChI=1S/C14H12N2O2/c1-2-17-12-6-8-13(9-7-12)18-14-5-3-4-11(10-15)16-14/h3-9H,2H2,1H3. The molecule has 0 saturated heterocycles. The number of hydrogen-bond donors (Lipinski definition) is 0. The minimum absolute atomic E-state index is 0.332. The summed E-state index contributed by atoms with van der Waals surface area (Å²) in [4.78, 5) is 4.03. The summed E-state index contributed by atoms with van der Waals surface area (Å²) < 4.78 is 10.9. The van der Waals surface area contributed by atoms with Crippen LogP contribution in [0.2, 0.25) is 0 Å². The Bertz CT molecular complexity index is 559. The monoisotopic (exact) mass is 240 g/mol. The van der Waals surface area contributed by atoms with Crippen LogP contribution in [0.5, 0.6) is 17.4 Å². The van der Waals surface area contributed by atoms with E-state index in [9.17, 15) is 0 Å². The second-order valence-electron chi connectivity index (χ2n) is 3.48. The fourth-order valence-electron chi connectivity index (χ4n) is 1.43. The maximum Gasteiger partial charge on any atom is 0.220 e. The number of ether oxygens (including phenoxy) is 2. The van der Waals surface area contributed by atoms with Gasteiger partial charge in [0, 0.05) is 6.07 Å². The van der Waals surface area contributed by atoms with Crippen LogP contribution in [0, 0.1) is 11.3 Å². The van der Waals surface area contributed by atoms with Gasteiger partial charge in [0.2, 0.25) is 5.88 Å². The molecule has 90 valence electrons. The smallest absolute Gasteiger partial charge is 0.220 e. The summed E-state index contributed by atoms with van der Waals surface area (Å²) in [6, 6.07) is 14.3. The number of nitriles is 1. The van der Waals surface area contributed by atoms with Gasteiger partial charge >= 0.3 is 0 Å². The van der Waals surface area contributed by atoms with E-state index < -0.39 is 0 Å². The molecule has 1 aromatic carbocycles. The van der Waals surface area contributed by atoms with Crippen molar-refractivity contribution < 1.29 is 9.47 Å². The fraction of sp³-hybridized carbons (Fsp3) is 0.143. The summed E-state index contributed by atoms with van der Waals surface area (Å²) in [6.07, 6.45) is 0. The highest BCUT2D eigenvalue weighted by Crippen LogP contribution is 2.22. The first kappa shape index (κ1) is 11.9. The molecule has 4 heteroatoms. The Morgan fingerprint density at radius 3 is 2.50 bits per heavy atom. The van der Waals surface area contributed by atoms with Crippen molar-refractivity contribution in [3.63, 3.8) is 0 Å². The van der Waals surface area contributed by atoms with Crippen molar-refractivity contribution in [3.8, 4) is 23.4 Å². The van der Waals surface area contributed by atoms with Gasteiger partial charge < -0.3 is 9.47 Å². The zero-order valence-electron chi connectivity index (χ0n) is 9.96. The molecule has 0 aliphatic heterocycles. The molecule has 0 aliphatic rings. The molecule has 2 aromatic rings. The van der Waals surface area contributed by atoms with E-state index in [0.29, 0.717) is 23.9 Å². The first-order valence-electron chi connectivity index (χ1n) is 5.59. The van der Waals surface area contributed by atoms with E-state index in [1.807, 2.05) is 25.1 Å². The van der Waals surface area contributed by atoms with Crippen LogP contribution in [0.4, 0.5) is 0 Å². The molecule has 0 aliphatic carbocycles. The van der Waals surface area contributed by atoms with E-state index in [0.717, 1.165) is 5.75 Å². The Kier molecular flexibility index (Phi) is 3.77. The van der Waals surface area contributed by atoms with Crippen molar-refractivity contribution in [1.29, 1.82) is 5.26 Å². The number of benzene rings is 1. The molecule has 0 bridgehead atoms. The van der Waals surface area contributed by atoms with E-state index in [-0.39, 0.29) is 0 Å². The van der Waals surface area contributed by atoms with Crippen LogP contribution in [0.25, 0.3) is 0 Å². The Balaban J connectivity index is 2.11. The first-order valence-corrected chi connectivity index (χ1v) is 5.59. The predicted octanol–water partition coefficient (Wildman–Crippen LogP) is 3.14. The van der Waals surface area contributed by atoms with Crippen LogP contribution in [0.15, 0.2) is 42.5 Å². The minimum atomic E-state index is 0.332. The van der Waals surface area contributed by atoms with Gasteiger partial charge in [-0.15, -0.1) is 0 Å². The number of aromatic nitrogens is 1. The van der Waals surface area contributed by atoms with Gasteiger partial charge in [-0.25, -0.2) is 4.98 Å². The van der Waals surface area contributed by atoms with Gasteiger partial charge in [0.05, 0.1) is 6.61 Å². The molecule has 18 heavy (non-hydrogen) atoms. The van der Waals surface area contributed by atoms with Gasteiger partial charge in [0.15, 0.2) is 0 Å². The predicted molar refractivity (Wildman–Crippen MR) is 66.6 cm³/mol. The van der Waals surface area contributed by atoms with Crippen LogP contribution < -0.4 is 9.47 Å². The molecule has 0 fully saturated rings. The molecular formula is C14H12N2O2. The molecule has 4 nitrogen and oxygen atoms in total. The molecule has 0 amide bonds. The summed E-state index contributed by atoms with van der Waals surface area (Å²) >= 11 is 0. The number of pyridine rings is 1. The third kappa shape index (κ3) is 2.98. The number of nitrogens with zero attached hydrogens (tertiary/aromatic N) is 2. The van der Waals surface area contributed by atoms with Crippen molar-refractivity contribution in [2.45, 2.75) is 6.92 Å².